The second-order valence-electron chi connectivity index (χ2n) is 7.85. The highest BCUT2D eigenvalue weighted by Gasteiger charge is 2.17. The number of ether oxygens (including phenoxy) is 1. The number of hydrogen-bond acceptors (Lipinski definition) is 2. The van der Waals surface area contributed by atoms with Crippen LogP contribution in [-0.4, -0.2) is 31.0 Å². The van der Waals surface area contributed by atoms with E-state index in [9.17, 15) is 4.79 Å². The lowest BCUT2D eigenvalue weighted by molar-refractivity contribution is -0.130. The molecule has 0 unspecified atom stereocenters. The molecule has 0 bridgehead atoms. The smallest absolute Gasteiger partial charge is 0.222 e. The van der Waals surface area contributed by atoms with E-state index in [4.69, 9.17) is 4.74 Å². The van der Waals surface area contributed by atoms with Crippen LogP contribution in [0.15, 0.2) is 54.6 Å². The quantitative estimate of drug-likeness (QED) is 0.376. The van der Waals surface area contributed by atoms with E-state index in [2.05, 4.69) is 49.4 Å². The molecule has 1 saturated heterocycles. The van der Waals surface area contributed by atoms with Gasteiger partial charge in [-0.15, -0.1) is 0 Å². The average molecular weight is 392 g/mol. The number of benzene rings is 2. The number of nitrogens with zero attached hydrogens (tertiary/aromatic N) is 1. The lowest BCUT2D eigenvalue weighted by Gasteiger charge is -2.16. The van der Waals surface area contributed by atoms with E-state index in [1.165, 1.54) is 35.1 Å². The first-order valence-corrected chi connectivity index (χ1v) is 10.9. The highest BCUT2D eigenvalue weighted by Crippen LogP contribution is 2.31. The fraction of sp³-hybridized carbons (Fsp3) is 0.423. The van der Waals surface area contributed by atoms with Crippen molar-refractivity contribution in [1.82, 2.24) is 4.90 Å². The van der Waals surface area contributed by atoms with Crippen molar-refractivity contribution in [3.63, 3.8) is 0 Å². The summed E-state index contributed by atoms with van der Waals surface area (Å²) in [5.74, 6) is 1.22. The lowest BCUT2D eigenvalue weighted by atomic mass is 9.91. The molecule has 1 heterocycles. The number of amides is 1. The highest BCUT2D eigenvalue weighted by atomic mass is 16.5. The molecule has 1 amide bonds. The number of carbonyl (C=O) groups is 1. The molecule has 0 radical (unpaired) electrons. The summed E-state index contributed by atoms with van der Waals surface area (Å²) in [6, 6.07) is 19.0. The Kier molecular flexibility index (Phi) is 7.92. The Bertz CT molecular complexity index is 802. The van der Waals surface area contributed by atoms with Gasteiger partial charge >= 0.3 is 0 Å². The molecule has 3 rings (SSSR count). The maximum absolute atomic E-state index is 12.2. The predicted molar refractivity (Wildman–Crippen MR) is 121 cm³/mol. The van der Waals surface area contributed by atoms with Crippen molar-refractivity contribution >= 4 is 17.1 Å². The standard InChI is InChI=1S/C26H33NO2/c1-21(22-15-17-24(29-2)18-16-22)25(23-11-5-3-6-12-23)13-7-4-8-14-26(28)27-19-9-10-20-27/h3,5-6,11-12,15-18H,4,7-10,13-14,19-20H2,1-2H3/b25-21+. The van der Waals surface area contributed by atoms with E-state index in [1.807, 2.05) is 17.0 Å². The van der Waals surface area contributed by atoms with Crippen molar-refractivity contribution in [2.75, 3.05) is 20.2 Å². The Labute approximate surface area is 175 Å². The van der Waals surface area contributed by atoms with Gasteiger partial charge in [-0.05, 0) is 73.4 Å². The molecule has 0 atom stereocenters. The van der Waals surface area contributed by atoms with Gasteiger partial charge in [0.1, 0.15) is 5.75 Å². The van der Waals surface area contributed by atoms with Crippen molar-refractivity contribution in [2.45, 2.75) is 51.9 Å². The third kappa shape index (κ3) is 5.96. The molecule has 1 aliphatic rings. The van der Waals surface area contributed by atoms with E-state index in [0.29, 0.717) is 12.3 Å². The predicted octanol–water partition coefficient (Wildman–Crippen LogP) is 6.20. The van der Waals surface area contributed by atoms with Crippen LogP contribution in [-0.2, 0) is 4.79 Å². The summed E-state index contributed by atoms with van der Waals surface area (Å²) < 4.78 is 5.29. The summed E-state index contributed by atoms with van der Waals surface area (Å²) in [5, 5.41) is 0. The molecular formula is C26H33NO2. The van der Waals surface area contributed by atoms with Crippen LogP contribution in [0.25, 0.3) is 11.1 Å². The zero-order valence-corrected chi connectivity index (χ0v) is 17.8. The van der Waals surface area contributed by atoms with Gasteiger partial charge in [-0.25, -0.2) is 0 Å². The first-order chi connectivity index (χ1) is 14.2. The summed E-state index contributed by atoms with van der Waals surface area (Å²) in [6.45, 7) is 4.13. The molecule has 1 aliphatic heterocycles. The third-order valence-electron chi connectivity index (χ3n) is 5.87. The molecule has 29 heavy (non-hydrogen) atoms. The van der Waals surface area contributed by atoms with E-state index in [1.54, 1.807) is 7.11 Å². The number of unbranched alkanes of at least 4 members (excludes halogenated alkanes) is 2. The van der Waals surface area contributed by atoms with Gasteiger partial charge in [0.15, 0.2) is 0 Å². The van der Waals surface area contributed by atoms with Gasteiger partial charge in [0, 0.05) is 19.5 Å². The Morgan fingerprint density at radius 3 is 2.17 bits per heavy atom. The molecule has 0 saturated carbocycles. The number of hydrogen-bond donors (Lipinski definition) is 0. The molecule has 1 fully saturated rings. The largest absolute Gasteiger partial charge is 0.497 e. The topological polar surface area (TPSA) is 29.5 Å². The minimum Gasteiger partial charge on any atom is -0.497 e. The first kappa shape index (κ1) is 21.2. The second kappa shape index (κ2) is 10.8. The second-order valence-corrected chi connectivity index (χ2v) is 7.85. The molecule has 2 aromatic carbocycles. The van der Waals surface area contributed by atoms with Gasteiger partial charge in [0.2, 0.25) is 5.91 Å². The number of likely N-dealkylation sites (tertiary alicyclic amines) is 1. The van der Waals surface area contributed by atoms with Crippen molar-refractivity contribution in [3.8, 4) is 5.75 Å². The maximum Gasteiger partial charge on any atom is 0.222 e. The zero-order valence-electron chi connectivity index (χ0n) is 17.8. The lowest BCUT2D eigenvalue weighted by Crippen LogP contribution is -2.27. The summed E-state index contributed by atoms with van der Waals surface area (Å²) >= 11 is 0. The van der Waals surface area contributed by atoms with Crippen molar-refractivity contribution in [2.24, 2.45) is 0 Å². The Hall–Kier alpha value is -2.55. The summed E-state index contributed by atoms with van der Waals surface area (Å²) in [4.78, 5) is 14.2. The number of allylic oxidation sites excluding steroid dienone is 2. The SMILES string of the molecule is COc1ccc(/C(C)=C(\CCCCCC(=O)N2CCCC2)c2ccccc2)cc1. The summed E-state index contributed by atoms with van der Waals surface area (Å²) in [6.07, 6.45) is 7.24. The molecule has 3 heteroatoms. The Morgan fingerprint density at radius 2 is 1.52 bits per heavy atom. The number of rotatable bonds is 9. The molecule has 0 spiro atoms. The number of methoxy groups -OCH3 is 1. The fourth-order valence-corrected chi connectivity index (χ4v) is 4.08. The van der Waals surface area contributed by atoms with Crippen molar-refractivity contribution in [1.29, 1.82) is 0 Å². The van der Waals surface area contributed by atoms with E-state index in [0.717, 1.165) is 44.5 Å². The van der Waals surface area contributed by atoms with Gasteiger partial charge in [0.05, 0.1) is 7.11 Å². The van der Waals surface area contributed by atoms with Crippen LogP contribution in [0.1, 0.15) is 63.0 Å². The molecule has 0 aliphatic carbocycles. The van der Waals surface area contributed by atoms with Crippen molar-refractivity contribution in [3.05, 3.63) is 65.7 Å². The van der Waals surface area contributed by atoms with Crippen LogP contribution in [0.4, 0.5) is 0 Å². The van der Waals surface area contributed by atoms with Gasteiger partial charge in [-0.1, -0.05) is 48.9 Å². The van der Waals surface area contributed by atoms with Crippen LogP contribution in [0, 0.1) is 0 Å². The Balaban J connectivity index is 1.62. The van der Waals surface area contributed by atoms with Gasteiger partial charge in [0.25, 0.3) is 0 Å². The van der Waals surface area contributed by atoms with Crippen LogP contribution in [0.3, 0.4) is 0 Å². The Morgan fingerprint density at radius 1 is 0.862 bits per heavy atom. The molecule has 0 aromatic heterocycles. The summed E-state index contributed by atoms with van der Waals surface area (Å²) in [7, 11) is 1.70. The molecule has 0 N–H and O–H groups in total. The molecule has 2 aromatic rings. The molecular weight excluding hydrogens is 358 g/mol. The molecule has 3 nitrogen and oxygen atoms in total. The van der Waals surface area contributed by atoms with Crippen LogP contribution >= 0.6 is 0 Å². The monoisotopic (exact) mass is 391 g/mol. The van der Waals surface area contributed by atoms with Crippen LogP contribution < -0.4 is 4.74 Å². The average Bonchev–Trinajstić information content (AvgIpc) is 3.31. The van der Waals surface area contributed by atoms with Gasteiger partial charge in [-0.2, -0.15) is 0 Å². The third-order valence-corrected chi connectivity index (χ3v) is 5.87. The highest BCUT2D eigenvalue weighted by molar-refractivity contribution is 5.89. The van der Waals surface area contributed by atoms with Crippen LogP contribution in [0.5, 0.6) is 5.75 Å². The van der Waals surface area contributed by atoms with E-state index >= 15 is 0 Å². The molecule has 154 valence electrons. The summed E-state index contributed by atoms with van der Waals surface area (Å²) in [5.41, 5.74) is 5.22. The van der Waals surface area contributed by atoms with E-state index < -0.39 is 0 Å². The normalized spacial score (nSPS) is 14.6. The van der Waals surface area contributed by atoms with Gasteiger partial charge < -0.3 is 9.64 Å². The number of carbonyl (C=O) groups excluding carboxylic acids is 1. The van der Waals surface area contributed by atoms with Crippen LogP contribution in [0.2, 0.25) is 0 Å². The zero-order chi connectivity index (χ0) is 20.5. The first-order valence-electron chi connectivity index (χ1n) is 10.9. The fourth-order valence-electron chi connectivity index (χ4n) is 4.08. The maximum atomic E-state index is 12.2. The minimum absolute atomic E-state index is 0.343. The van der Waals surface area contributed by atoms with Crippen molar-refractivity contribution < 1.29 is 9.53 Å². The van der Waals surface area contributed by atoms with Gasteiger partial charge in [-0.3, -0.25) is 4.79 Å². The minimum atomic E-state index is 0.343. The van der Waals surface area contributed by atoms with E-state index in [-0.39, 0.29) is 0 Å².